The molecule has 1 aromatic rings. The number of Topliss-reactive ketones (excluding diaryl/α,β-unsaturated/α-hetero) is 1. The summed E-state index contributed by atoms with van der Waals surface area (Å²) in [6.07, 6.45) is 0.445. The second kappa shape index (κ2) is 4.82. The summed E-state index contributed by atoms with van der Waals surface area (Å²) in [5, 5.41) is 0. The average molecular weight is 295 g/mol. The first kappa shape index (κ1) is 9.99. The Labute approximate surface area is 90.3 Å². The number of rotatable bonds is 3. The Morgan fingerprint density at radius 2 is 2.25 bits per heavy atom. The number of carbonyl (C=O) groups is 1. The number of hydrogen-bond acceptors (Lipinski definition) is 1. The predicted octanol–water partition coefficient (Wildman–Crippen LogP) is 2.64. The number of alkyl halides is 1. The van der Waals surface area contributed by atoms with Crippen LogP contribution in [0.25, 0.3) is 0 Å². The number of ketones is 1. The van der Waals surface area contributed by atoms with Gasteiger partial charge in [-0.3, -0.25) is 4.79 Å². The third kappa shape index (κ3) is 3.11. The summed E-state index contributed by atoms with van der Waals surface area (Å²) in [7, 11) is 0. The van der Waals surface area contributed by atoms with Gasteiger partial charge in [0.15, 0.2) is 5.78 Å². The third-order valence-corrected chi connectivity index (χ3v) is 2.41. The lowest BCUT2D eigenvalue weighted by Crippen LogP contribution is -2.03. The predicted molar refractivity (Wildman–Crippen MR) is 58.6 cm³/mol. The van der Waals surface area contributed by atoms with E-state index in [0.29, 0.717) is 6.42 Å². The molecule has 12 heavy (non-hydrogen) atoms. The van der Waals surface area contributed by atoms with Gasteiger partial charge in [0.2, 0.25) is 0 Å². The van der Waals surface area contributed by atoms with Gasteiger partial charge in [-0.05, 0) is 40.3 Å². The van der Waals surface area contributed by atoms with Crippen molar-refractivity contribution in [3.8, 4) is 0 Å². The lowest BCUT2D eigenvalue weighted by atomic mass is 10.1. The second-order valence-corrected chi connectivity index (χ2v) is 3.99. The maximum absolute atomic E-state index is 11.0. The molecule has 1 aromatic carbocycles. The molecule has 0 aliphatic rings. The highest BCUT2D eigenvalue weighted by atomic mass is 127. The first-order valence-corrected chi connectivity index (χ1v) is 5.16. The zero-order chi connectivity index (χ0) is 8.97. The lowest BCUT2D eigenvalue weighted by molar-refractivity contribution is -0.116. The Bertz CT molecular complexity index is 286. The van der Waals surface area contributed by atoms with E-state index in [1.807, 2.05) is 24.3 Å². The fourth-order valence-electron chi connectivity index (χ4n) is 0.922. The van der Waals surface area contributed by atoms with Crippen LogP contribution in [-0.2, 0) is 11.2 Å². The topological polar surface area (TPSA) is 17.1 Å². The van der Waals surface area contributed by atoms with Gasteiger partial charge in [0.25, 0.3) is 0 Å². The third-order valence-electron chi connectivity index (χ3n) is 1.44. The highest BCUT2D eigenvalue weighted by Crippen LogP contribution is 2.08. The monoisotopic (exact) mass is 294 g/mol. The lowest BCUT2D eigenvalue weighted by Gasteiger charge is -1.98. The van der Waals surface area contributed by atoms with Crippen LogP contribution in [0.15, 0.2) is 24.3 Å². The molecule has 1 nitrogen and oxygen atoms in total. The minimum atomic E-state index is 0.0682. The van der Waals surface area contributed by atoms with Crippen molar-refractivity contribution >= 4 is 40.0 Å². The van der Waals surface area contributed by atoms with E-state index >= 15 is 0 Å². The van der Waals surface area contributed by atoms with E-state index in [0.717, 1.165) is 9.13 Å². The molecule has 0 heterocycles. The smallest absolute Gasteiger partial charge is 0.151 e. The van der Waals surface area contributed by atoms with Crippen LogP contribution >= 0.6 is 34.2 Å². The molecule has 0 aliphatic heterocycles. The van der Waals surface area contributed by atoms with E-state index in [9.17, 15) is 4.79 Å². The van der Waals surface area contributed by atoms with Crippen LogP contribution in [0, 0.1) is 3.57 Å². The van der Waals surface area contributed by atoms with Crippen LogP contribution in [0.4, 0.5) is 0 Å². The summed E-state index contributed by atoms with van der Waals surface area (Å²) >= 11 is 7.61. The standard InChI is InChI=1S/C9H8ClIO/c10-6-9(12)5-7-2-1-3-8(11)4-7/h1-4H,5-6H2. The Kier molecular flexibility index (Phi) is 4.01. The summed E-state index contributed by atoms with van der Waals surface area (Å²) in [5.41, 5.74) is 1.03. The van der Waals surface area contributed by atoms with E-state index in [-0.39, 0.29) is 11.7 Å². The largest absolute Gasteiger partial charge is 0.298 e. The van der Waals surface area contributed by atoms with Crippen LogP contribution in [0.2, 0.25) is 0 Å². The molecular formula is C9H8ClIO. The van der Waals surface area contributed by atoms with E-state index < -0.39 is 0 Å². The fourth-order valence-corrected chi connectivity index (χ4v) is 1.62. The van der Waals surface area contributed by atoms with E-state index in [1.165, 1.54) is 0 Å². The molecule has 0 aromatic heterocycles. The van der Waals surface area contributed by atoms with Crippen LogP contribution in [0.1, 0.15) is 5.56 Å². The second-order valence-electron chi connectivity index (χ2n) is 2.48. The van der Waals surface area contributed by atoms with Gasteiger partial charge in [-0.2, -0.15) is 0 Å². The maximum atomic E-state index is 11.0. The molecule has 0 amide bonds. The first-order chi connectivity index (χ1) is 5.72. The summed E-state index contributed by atoms with van der Waals surface area (Å²) in [6, 6.07) is 7.87. The van der Waals surface area contributed by atoms with Gasteiger partial charge in [-0.15, -0.1) is 11.6 Å². The number of benzene rings is 1. The zero-order valence-electron chi connectivity index (χ0n) is 6.39. The van der Waals surface area contributed by atoms with Gasteiger partial charge >= 0.3 is 0 Å². The minimum Gasteiger partial charge on any atom is -0.298 e. The molecule has 0 fully saturated rings. The van der Waals surface area contributed by atoms with E-state index in [4.69, 9.17) is 11.6 Å². The first-order valence-electron chi connectivity index (χ1n) is 3.54. The molecule has 0 radical (unpaired) electrons. The van der Waals surface area contributed by atoms with Crippen LogP contribution < -0.4 is 0 Å². The van der Waals surface area contributed by atoms with Crippen LogP contribution in [-0.4, -0.2) is 11.7 Å². The quantitative estimate of drug-likeness (QED) is 0.619. The van der Waals surface area contributed by atoms with Crippen molar-refractivity contribution in [1.82, 2.24) is 0 Å². The molecule has 0 saturated heterocycles. The van der Waals surface area contributed by atoms with Gasteiger partial charge in [-0.1, -0.05) is 12.1 Å². The molecule has 3 heteroatoms. The normalized spacial score (nSPS) is 9.83. The fraction of sp³-hybridized carbons (Fsp3) is 0.222. The molecule has 0 bridgehead atoms. The molecule has 0 saturated carbocycles. The molecule has 0 N–H and O–H groups in total. The molecule has 0 unspecified atom stereocenters. The minimum absolute atomic E-state index is 0.0682. The summed E-state index contributed by atoms with van der Waals surface area (Å²) in [4.78, 5) is 11.0. The van der Waals surface area contributed by atoms with Crippen molar-refractivity contribution in [3.05, 3.63) is 33.4 Å². The molecular weight excluding hydrogens is 286 g/mol. The summed E-state index contributed by atoms with van der Waals surface area (Å²) in [6.45, 7) is 0. The average Bonchev–Trinajstić information content (AvgIpc) is 2.04. The summed E-state index contributed by atoms with van der Waals surface area (Å²) in [5.74, 6) is 0.171. The summed E-state index contributed by atoms with van der Waals surface area (Å²) < 4.78 is 1.15. The maximum Gasteiger partial charge on any atom is 0.151 e. The van der Waals surface area contributed by atoms with E-state index in [1.54, 1.807) is 0 Å². The van der Waals surface area contributed by atoms with Crippen molar-refractivity contribution in [2.45, 2.75) is 6.42 Å². The Hall–Kier alpha value is -0.0900. The van der Waals surface area contributed by atoms with Crippen molar-refractivity contribution in [2.75, 3.05) is 5.88 Å². The Morgan fingerprint density at radius 3 is 2.83 bits per heavy atom. The van der Waals surface area contributed by atoms with Gasteiger partial charge < -0.3 is 0 Å². The zero-order valence-corrected chi connectivity index (χ0v) is 9.30. The Balaban J connectivity index is 2.69. The van der Waals surface area contributed by atoms with Gasteiger partial charge in [0, 0.05) is 9.99 Å². The van der Waals surface area contributed by atoms with Crippen LogP contribution in [0.3, 0.4) is 0 Å². The highest BCUT2D eigenvalue weighted by molar-refractivity contribution is 14.1. The molecule has 0 atom stereocenters. The van der Waals surface area contributed by atoms with E-state index in [2.05, 4.69) is 22.6 Å². The van der Waals surface area contributed by atoms with Crippen LogP contribution in [0.5, 0.6) is 0 Å². The van der Waals surface area contributed by atoms with Gasteiger partial charge in [0.05, 0.1) is 5.88 Å². The Morgan fingerprint density at radius 1 is 1.50 bits per heavy atom. The van der Waals surface area contributed by atoms with Crippen molar-refractivity contribution in [2.24, 2.45) is 0 Å². The molecule has 1 rings (SSSR count). The van der Waals surface area contributed by atoms with Gasteiger partial charge in [-0.25, -0.2) is 0 Å². The highest BCUT2D eigenvalue weighted by Gasteiger charge is 2.01. The molecule has 0 aliphatic carbocycles. The van der Waals surface area contributed by atoms with Crippen molar-refractivity contribution < 1.29 is 4.79 Å². The van der Waals surface area contributed by atoms with Crippen molar-refractivity contribution in [1.29, 1.82) is 0 Å². The number of halogens is 2. The molecule has 0 spiro atoms. The number of hydrogen-bond donors (Lipinski definition) is 0. The number of carbonyl (C=O) groups excluding carboxylic acids is 1. The van der Waals surface area contributed by atoms with Crippen molar-refractivity contribution in [3.63, 3.8) is 0 Å². The molecule has 64 valence electrons. The SMILES string of the molecule is O=C(CCl)Cc1cccc(I)c1. The van der Waals surface area contributed by atoms with Gasteiger partial charge in [0.1, 0.15) is 0 Å².